The molecule has 0 radical (unpaired) electrons. The highest BCUT2D eigenvalue weighted by Crippen LogP contribution is 2.33. The molecule has 0 aromatic carbocycles. The van der Waals surface area contributed by atoms with Crippen molar-refractivity contribution in [3.8, 4) is 10.4 Å². The van der Waals surface area contributed by atoms with Crippen LogP contribution in [0.25, 0.3) is 10.4 Å². The lowest BCUT2D eigenvalue weighted by molar-refractivity contribution is 1.17. The lowest BCUT2D eigenvalue weighted by atomic mass is 10.0. The first-order chi connectivity index (χ1) is 7.09. The summed E-state index contributed by atoms with van der Waals surface area (Å²) in [7, 11) is 0. The zero-order valence-corrected chi connectivity index (χ0v) is 10.4. The van der Waals surface area contributed by atoms with E-state index in [9.17, 15) is 0 Å². The van der Waals surface area contributed by atoms with E-state index in [1.165, 1.54) is 27.1 Å². The Bertz CT molecular complexity index is 497. The fourth-order valence-corrected chi connectivity index (χ4v) is 2.80. The Labute approximate surface area is 94.8 Å². The molecule has 2 heterocycles. The number of nitrogens with zero attached hydrogens (tertiary/aromatic N) is 1. The summed E-state index contributed by atoms with van der Waals surface area (Å²) in [5.41, 5.74) is 6.45. The van der Waals surface area contributed by atoms with Gasteiger partial charge in [-0.1, -0.05) is 0 Å². The van der Waals surface area contributed by atoms with Crippen LogP contribution < -0.4 is 0 Å². The number of aromatic nitrogens is 1. The van der Waals surface area contributed by atoms with Gasteiger partial charge in [-0.25, -0.2) is 0 Å². The first-order valence-corrected chi connectivity index (χ1v) is 5.96. The Morgan fingerprint density at radius 2 is 1.80 bits per heavy atom. The molecule has 0 amide bonds. The molecule has 15 heavy (non-hydrogen) atoms. The molecular formula is C13H15NS. The van der Waals surface area contributed by atoms with Gasteiger partial charge in [0.25, 0.3) is 0 Å². The van der Waals surface area contributed by atoms with Gasteiger partial charge in [-0.3, -0.25) is 4.98 Å². The van der Waals surface area contributed by atoms with Crippen LogP contribution in [-0.2, 0) is 0 Å². The summed E-state index contributed by atoms with van der Waals surface area (Å²) >= 11 is 1.82. The number of hydrogen-bond donors (Lipinski definition) is 0. The fourth-order valence-electron chi connectivity index (χ4n) is 1.64. The summed E-state index contributed by atoms with van der Waals surface area (Å²) in [6.07, 6.45) is 1.96. The molecule has 78 valence electrons. The molecule has 2 aromatic rings. The maximum atomic E-state index is 4.31. The predicted molar refractivity (Wildman–Crippen MR) is 66.5 cm³/mol. The van der Waals surface area contributed by atoms with Gasteiger partial charge in [-0.05, 0) is 61.4 Å². The minimum Gasteiger partial charge on any atom is -0.261 e. The molecule has 0 atom stereocenters. The lowest BCUT2D eigenvalue weighted by Gasteiger charge is -2.05. The third-order valence-electron chi connectivity index (χ3n) is 2.77. The van der Waals surface area contributed by atoms with E-state index in [1.807, 2.05) is 24.5 Å². The van der Waals surface area contributed by atoms with Crippen molar-refractivity contribution in [2.24, 2.45) is 0 Å². The molecule has 0 fully saturated rings. The normalized spacial score (nSPS) is 10.7. The topological polar surface area (TPSA) is 12.9 Å². The first kappa shape index (κ1) is 10.4. The zero-order valence-electron chi connectivity index (χ0n) is 9.59. The Hall–Kier alpha value is -1.15. The quantitative estimate of drug-likeness (QED) is 0.702. The molecule has 2 rings (SSSR count). The van der Waals surface area contributed by atoms with E-state index in [0.717, 1.165) is 5.69 Å². The molecule has 0 saturated carbocycles. The van der Waals surface area contributed by atoms with Gasteiger partial charge in [0.05, 0.1) is 0 Å². The van der Waals surface area contributed by atoms with Crippen LogP contribution in [0.5, 0.6) is 0 Å². The van der Waals surface area contributed by atoms with Gasteiger partial charge in [-0.15, -0.1) is 11.3 Å². The second-order valence-electron chi connectivity index (χ2n) is 4.01. The predicted octanol–water partition coefficient (Wildman–Crippen LogP) is 4.04. The molecule has 2 aromatic heterocycles. The van der Waals surface area contributed by atoms with E-state index >= 15 is 0 Å². The van der Waals surface area contributed by atoms with Gasteiger partial charge in [0, 0.05) is 16.8 Å². The van der Waals surface area contributed by atoms with Crippen molar-refractivity contribution in [3.63, 3.8) is 0 Å². The highest BCUT2D eigenvalue weighted by atomic mass is 32.1. The van der Waals surface area contributed by atoms with Crippen LogP contribution >= 0.6 is 11.3 Å². The van der Waals surface area contributed by atoms with E-state index in [0.29, 0.717) is 0 Å². The Kier molecular flexibility index (Phi) is 2.61. The molecule has 0 aliphatic carbocycles. The molecule has 0 unspecified atom stereocenters. The number of pyridine rings is 1. The first-order valence-electron chi connectivity index (χ1n) is 5.08. The average molecular weight is 217 g/mol. The largest absolute Gasteiger partial charge is 0.261 e. The van der Waals surface area contributed by atoms with Crippen LogP contribution in [0.2, 0.25) is 0 Å². The summed E-state index contributed by atoms with van der Waals surface area (Å²) in [4.78, 5) is 5.69. The summed E-state index contributed by atoms with van der Waals surface area (Å²) in [5.74, 6) is 0. The van der Waals surface area contributed by atoms with E-state index in [4.69, 9.17) is 0 Å². The van der Waals surface area contributed by atoms with Gasteiger partial charge in [0.2, 0.25) is 0 Å². The van der Waals surface area contributed by atoms with Crippen LogP contribution in [0.15, 0.2) is 17.6 Å². The van der Waals surface area contributed by atoms with Gasteiger partial charge < -0.3 is 0 Å². The van der Waals surface area contributed by atoms with E-state index in [2.05, 4.69) is 37.2 Å². The molecule has 0 N–H and O–H groups in total. The van der Waals surface area contributed by atoms with E-state index in [1.54, 1.807) is 0 Å². The van der Waals surface area contributed by atoms with E-state index < -0.39 is 0 Å². The van der Waals surface area contributed by atoms with Gasteiger partial charge >= 0.3 is 0 Å². The minimum absolute atomic E-state index is 1.08. The van der Waals surface area contributed by atoms with Crippen molar-refractivity contribution in [2.75, 3.05) is 0 Å². The Balaban J connectivity index is 2.63. The average Bonchev–Trinajstić information content (AvgIpc) is 2.52. The van der Waals surface area contributed by atoms with Crippen LogP contribution in [-0.4, -0.2) is 4.98 Å². The molecule has 1 nitrogen and oxygen atoms in total. The highest BCUT2D eigenvalue weighted by Gasteiger charge is 2.09. The van der Waals surface area contributed by atoms with Crippen LogP contribution in [0, 0.1) is 27.7 Å². The SMILES string of the molecule is Cc1cc(-c2scc(C)c2C)c(C)cn1. The standard InChI is InChI=1S/C13H15NS/c1-8-6-14-10(3)5-12(8)13-11(4)9(2)7-15-13/h5-7H,1-4H3. The Morgan fingerprint density at radius 3 is 2.40 bits per heavy atom. The number of aryl methyl sites for hydroxylation is 3. The van der Waals surface area contributed by atoms with Crippen molar-refractivity contribution in [1.29, 1.82) is 0 Å². The molecular weight excluding hydrogens is 202 g/mol. The number of rotatable bonds is 1. The fraction of sp³-hybridized carbons (Fsp3) is 0.308. The molecule has 0 aliphatic heterocycles. The van der Waals surface area contributed by atoms with Gasteiger partial charge in [0.1, 0.15) is 0 Å². The zero-order chi connectivity index (χ0) is 11.0. The molecule has 0 bridgehead atoms. The van der Waals surface area contributed by atoms with Crippen molar-refractivity contribution in [2.45, 2.75) is 27.7 Å². The molecule has 0 spiro atoms. The smallest absolute Gasteiger partial charge is 0.0379 e. The van der Waals surface area contributed by atoms with Gasteiger partial charge in [0.15, 0.2) is 0 Å². The van der Waals surface area contributed by atoms with Gasteiger partial charge in [-0.2, -0.15) is 0 Å². The Morgan fingerprint density at radius 1 is 1.07 bits per heavy atom. The van der Waals surface area contributed by atoms with Crippen LogP contribution in [0.1, 0.15) is 22.4 Å². The third kappa shape index (κ3) is 1.82. The van der Waals surface area contributed by atoms with Crippen molar-refractivity contribution in [1.82, 2.24) is 4.98 Å². The van der Waals surface area contributed by atoms with Crippen molar-refractivity contribution in [3.05, 3.63) is 40.0 Å². The summed E-state index contributed by atoms with van der Waals surface area (Å²) < 4.78 is 0. The summed E-state index contributed by atoms with van der Waals surface area (Å²) in [6.45, 7) is 8.52. The molecule has 0 saturated heterocycles. The van der Waals surface area contributed by atoms with Crippen molar-refractivity contribution >= 4 is 11.3 Å². The molecule has 2 heteroatoms. The summed E-state index contributed by atoms with van der Waals surface area (Å²) in [6, 6.07) is 2.17. The number of hydrogen-bond acceptors (Lipinski definition) is 2. The highest BCUT2D eigenvalue weighted by molar-refractivity contribution is 7.14. The maximum Gasteiger partial charge on any atom is 0.0379 e. The van der Waals surface area contributed by atoms with Crippen molar-refractivity contribution < 1.29 is 0 Å². The molecule has 0 aliphatic rings. The monoisotopic (exact) mass is 217 g/mol. The maximum absolute atomic E-state index is 4.31. The number of thiophene rings is 1. The van der Waals surface area contributed by atoms with Crippen LogP contribution in [0.4, 0.5) is 0 Å². The lowest BCUT2D eigenvalue weighted by Crippen LogP contribution is -1.88. The summed E-state index contributed by atoms with van der Waals surface area (Å²) in [5, 5.41) is 2.22. The second kappa shape index (κ2) is 3.78. The second-order valence-corrected chi connectivity index (χ2v) is 4.89. The van der Waals surface area contributed by atoms with Crippen LogP contribution in [0.3, 0.4) is 0 Å². The van der Waals surface area contributed by atoms with E-state index in [-0.39, 0.29) is 0 Å². The minimum atomic E-state index is 1.08. The third-order valence-corrected chi connectivity index (χ3v) is 4.00.